The fraction of sp³-hybridized carbons (Fsp3) is 0.538. The first kappa shape index (κ1) is 13.5. The lowest BCUT2D eigenvalue weighted by Crippen LogP contribution is -2.32. The van der Waals surface area contributed by atoms with Crippen LogP contribution < -0.4 is 5.32 Å². The van der Waals surface area contributed by atoms with Crippen LogP contribution >= 0.6 is 0 Å². The number of aromatic nitrogens is 1. The largest absolute Gasteiger partial charge is 0.444 e. The second-order valence-electron chi connectivity index (χ2n) is 4.85. The van der Waals surface area contributed by atoms with Crippen molar-refractivity contribution in [1.82, 2.24) is 10.3 Å². The summed E-state index contributed by atoms with van der Waals surface area (Å²) in [5, 5.41) is 2.73. The molecule has 0 aromatic carbocycles. The van der Waals surface area contributed by atoms with E-state index in [4.69, 9.17) is 4.74 Å². The van der Waals surface area contributed by atoms with Crippen LogP contribution in [0.2, 0.25) is 0 Å². The van der Waals surface area contributed by atoms with Gasteiger partial charge in [0.2, 0.25) is 0 Å². The molecule has 0 atom stereocenters. The first-order chi connectivity index (χ1) is 7.92. The van der Waals surface area contributed by atoms with E-state index in [-0.39, 0.29) is 0 Å². The van der Waals surface area contributed by atoms with Crippen LogP contribution in [0.25, 0.3) is 0 Å². The highest BCUT2D eigenvalue weighted by Crippen LogP contribution is 2.09. The number of nitrogens with one attached hydrogen (secondary N) is 1. The number of amides is 1. The molecule has 94 valence electrons. The molecule has 0 saturated carbocycles. The van der Waals surface area contributed by atoms with Gasteiger partial charge in [0.05, 0.1) is 0 Å². The van der Waals surface area contributed by atoms with E-state index in [0.717, 1.165) is 12.0 Å². The topological polar surface area (TPSA) is 51.2 Å². The van der Waals surface area contributed by atoms with Gasteiger partial charge >= 0.3 is 6.09 Å². The van der Waals surface area contributed by atoms with Crippen molar-refractivity contribution < 1.29 is 9.53 Å². The molecule has 17 heavy (non-hydrogen) atoms. The Hall–Kier alpha value is -1.58. The number of nitrogens with zero attached hydrogens (tertiary/aromatic N) is 1. The second-order valence-corrected chi connectivity index (χ2v) is 4.85. The van der Waals surface area contributed by atoms with Crippen molar-refractivity contribution in [3.63, 3.8) is 0 Å². The summed E-state index contributed by atoms with van der Waals surface area (Å²) in [6.07, 6.45) is 4.06. The molecule has 0 bridgehead atoms. The molecule has 0 aliphatic rings. The second kappa shape index (κ2) is 5.66. The zero-order valence-corrected chi connectivity index (χ0v) is 10.9. The number of aryl methyl sites for hydroxylation is 1. The first-order valence-corrected chi connectivity index (χ1v) is 5.81. The van der Waals surface area contributed by atoms with E-state index in [9.17, 15) is 4.79 Å². The van der Waals surface area contributed by atoms with Gasteiger partial charge in [-0.05, 0) is 44.4 Å². The van der Waals surface area contributed by atoms with E-state index >= 15 is 0 Å². The standard InChI is InChI=1S/C13H20N2O2/c1-5-10-6-7-14-8-11(10)9-15-12(16)17-13(2,3)4/h6-8H,5,9H2,1-4H3,(H,15,16). The summed E-state index contributed by atoms with van der Waals surface area (Å²) in [6.45, 7) is 8.05. The van der Waals surface area contributed by atoms with Gasteiger partial charge < -0.3 is 10.1 Å². The quantitative estimate of drug-likeness (QED) is 0.877. The van der Waals surface area contributed by atoms with E-state index in [1.54, 1.807) is 12.4 Å². The minimum absolute atomic E-state index is 0.400. The van der Waals surface area contributed by atoms with Crippen molar-refractivity contribution in [2.45, 2.75) is 46.3 Å². The summed E-state index contributed by atoms with van der Waals surface area (Å²) in [7, 11) is 0. The van der Waals surface area contributed by atoms with Gasteiger partial charge in [0.15, 0.2) is 0 Å². The Morgan fingerprint density at radius 2 is 2.12 bits per heavy atom. The number of carbonyl (C=O) groups excluding carboxylic acids is 1. The van der Waals surface area contributed by atoms with Gasteiger partial charge in [0, 0.05) is 18.9 Å². The average molecular weight is 236 g/mol. The Labute approximate surface area is 102 Å². The minimum atomic E-state index is -0.466. The summed E-state index contributed by atoms with van der Waals surface area (Å²) in [5.74, 6) is 0. The Kier molecular flexibility index (Phi) is 4.49. The van der Waals surface area contributed by atoms with Gasteiger partial charge in [-0.1, -0.05) is 6.92 Å². The minimum Gasteiger partial charge on any atom is -0.444 e. The van der Waals surface area contributed by atoms with E-state index in [1.807, 2.05) is 26.8 Å². The van der Waals surface area contributed by atoms with Crippen LogP contribution in [0.3, 0.4) is 0 Å². The van der Waals surface area contributed by atoms with E-state index in [1.165, 1.54) is 5.56 Å². The van der Waals surface area contributed by atoms with Crippen molar-refractivity contribution in [2.75, 3.05) is 0 Å². The summed E-state index contributed by atoms with van der Waals surface area (Å²) in [6, 6.07) is 1.96. The third-order valence-corrected chi connectivity index (χ3v) is 2.21. The number of hydrogen-bond donors (Lipinski definition) is 1. The molecule has 1 aromatic heterocycles. The molecular weight excluding hydrogens is 216 g/mol. The van der Waals surface area contributed by atoms with Crippen LogP contribution in [0.15, 0.2) is 18.5 Å². The van der Waals surface area contributed by atoms with Gasteiger partial charge in [-0.25, -0.2) is 4.79 Å². The summed E-state index contributed by atoms with van der Waals surface area (Å²) in [4.78, 5) is 15.5. The molecule has 0 fully saturated rings. The van der Waals surface area contributed by atoms with Gasteiger partial charge in [-0.2, -0.15) is 0 Å². The van der Waals surface area contributed by atoms with E-state index < -0.39 is 11.7 Å². The van der Waals surface area contributed by atoms with Crippen molar-refractivity contribution in [2.24, 2.45) is 0 Å². The molecule has 4 nitrogen and oxygen atoms in total. The summed E-state index contributed by atoms with van der Waals surface area (Å²) >= 11 is 0. The molecule has 1 heterocycles. The van der Waals surface area contributed by atoms with Crippen molar-refractivity contribution in [1.29, 1.82) is 0 Å². The maximum Gasteiger partial charge on any atom is 0.407 e. The molecule has 1 rings (SSSR count). The third-order valence-electron chi connectivity index (χ3n) is 2.21. The molecule has 0 saturated heterocycles. The Bertz CT molecular complexity index is 383. The molecule has 0 spiro atoms. The monoisotopic (exact) mass is 236 g/mol. The Balaban J connectivity index is 2.53. The smallest absolute Gasteiger partial charge is 0.407 e. The predicted octanol–water partition coefficient (Wildman–Crippen LogP) is 2.67. The van der Waals surface area contributed by atoms with Crippen molar-refractivity contribution in [3.05, 3.63) is 29.6 Å². The maximum absolute atomic E-state index is 11.5. The van der Waals surface area contributed by atoms with Crippen LogP contribution in [0, 0.1) is 0 Å². The number of hydrogen-bond acceptors (Lipinski definition) is 3. The number of alkyl carbamates (subject to hydrolysis) is 1. The maximum atomic E-state index is 11.5. The first-order valence-electron chi connectivity index (χ1n) is 5.81. The number of ether oxygens (including phenoxy) is 1. The molecule has 1 N–H and O–H groups in total. The predicted molar refractivity (Wildman–Crippen MR) is 66.7 cm³/mol. The van der Waals surface area contributed by atoms with Crippen LogP contribution in [0.1, 0.15) is 38.8 Å². The number of carbonyl (C=O) groups is 1. The molecule has 0 aliphatic heterocycles. The van der Waals surface area contributed by atoms with Gasteiger partial charge in [0.1, 0.15) is 5.60 Å². The molecule has 4 heteroatoms. The highest BCUT2D eigenvalue weighted by molar-refractivity contribution is 5.67. The fourth-order valence-electron chi connectivity index (χ4n) is 1.44. The normalized spacial score (nSPS) is 11.1. The summed E-state index contributed by atoms with van der Waals surface area (Å²) < 4.78 is 5.16. The molecule has 1 amide bonds. The summed E-state index contributed by atoms with van der Waals surface area (Å²) in [5.41, 5.74) is 1.75. The zero-order valence-electron chi connectivity index (χ0n) is 10.9. The van der Waals surface area contributed by atoms with E-state index in [2.05, 4.69) is 17.2 Å². The highest BCUT2D eigenvalue weighted by Gasteiger charge is 2.15. The van der Waals surface area contributed by atoms with Crippen molar-refractivity contribution >= 4 is 6.09 Å². The van der Waals surface area contributed by atoms with Crippen LogP contribution in [-0.4, -0.2) is 16.7 Å². The molecule has 0 radical (unpaired) electrons. The van der Waals surface area contributed by atoms with Gasteiger partial charge in [0.25, 0.3) is 0 Å². The molecule has 0 unspecified atom stereocenters. The highest BCUT2D eigenvalue weighted by atomic mass is 16.6. The Morgan fingerprint density at radius 1 is 1.41 bits per heavy atom. The van der Waals surface area contributed by atoms with Gasteiger partial charge in [-0.15, -0.1) is 0 Å². The molecule has 1 aromatic rings. The lowest BCUT2D eigenvalue weighted by molar-refractivity contribution is 0.0523. The zero-order chi connectivity index (χ0) is 12.9. The lowest BCUT2D eigenvalue weighted by atomic mass is 10.1. The van der Waals surface area contributed by atoms with Crippen LogP contribution in [0.4, 0.5) is 4.79 Å². The third kappa shape index (κ3) is 4.85. The van der Waals surface area contributed by atoms with E-state index in [0.29, 0.717) is 6.54 Å². The van der Waals surface area contributed by atoms with Crippen LogP contribution in [-0.2, 0) is 17.7 Å². The van der Waals surface area contributed by atoms with Crippen molar-refractivity contribution in [3.8, 4) is 0 Å². The van der Waals surface area contributed by atoms with Gasteiger partial charge in [-0.3, -0.25) is 4.98 Å². The molecule has 0 aliphatic carbocycles. The molecular formula is C13H20N2O2. The number of pyridine rings is 1. The van der Waals surface area contributed by atoms with Crippen LogP contribution in [0.5, 0.6) is 0 Å². The number of rotatable bonds is 3. The fourth-order valence-corrected chi connectivity index (χ4v) is 1.44. The Morgan fingerprint density at radius 3 is 2.71 bits per heavy atom. The average Bonchev–Trinajstić information content (AvgIpc) is 2.24. The lowest BCUT2D eigenvalue weighted by Gasteiger charge is -2.19. The SMILES string of the molecule is CCc1ccncc1CNC(=O)OC(C)(C)C.